The minimum Gasteiger partial charge on any atom is -0.496 e. The number of hydrogen-bond acceptors (Lipinski definition) is 3. The molecule has 1 amide bonds. The molecule has 0 aliphatic carbocycles. The number of ether oxygens (including phenoxy) is 1. The number of hydrogen-bond donors (Lipinski definition) is 1. The average Bonchev–Trinajstić information content (AvgIpc) is 3.04. The summed E-state index contributed by atoms with van der Waals surface area (Å²) in [7, 11) is 3.65. The zero-order chi connectivity index (χ0) is 20.1. The third-order valence-electron chi connectivity index (χ3n) is 5.74. The molecular weight excluding hydrogens is 350 g/mol. The molecule has 1 aromatic carbocycles. The Balaban J connectivity index is 1.53. The molecule has 5 nitrogen and oxygen atoms in total. The number of para-hydroxylation sites is 1. The lowest BCUT2D eigenvalue weighted by Crippen LogP contribution is -2.42. The molecule has 1 atom stereocenters. The van der Waals surface area contributed by atoms with Gasteiger partial charge in [0, 0.05) is 32.4 Å². The number of piperidine rings is 1. The van der Waals surface area contributed by atoms with Crippen LogP contribution in [0.3, 0.4) is 0 Å². The molecule has 1 fully saturated rings. The quantitative estimate of drug-likeness (QED) is 0.794. The van der Waals surface area contributed by atoms with Gasteiger partial charge in [-0.25, -0.2) is 0 Å². The number of carbonyl (C=O) groups is 1. The molecule has 2 aromatic rings. The van der Waals surface area contributed by atoms with Crippen molar-refractivity contribution in [1.29, 1.82) is 0 Å². The topological polar surface area (TPSA) is 48.6 Å². The van der Waals surface area contributed by atoms with E-state index in [1.54, 1.807) is 7.11 Å². The van der Waals surface area contributed by atoms with Crippen molar-refractivity contribution in [2.45, 2.75) is 33.1 Å². The first kappa shape index (κ1) is 20.5. The van der Waals surface area contributed by atoms with Crippen molar-refractivity contribution in [1.82, 2.24) is 14.8 Å². The summed E-state index contributed by atoms with van der Waals surface area (Å²) in [6.45, 7) is 8.01. The SMILES string of the molecule is COc1ccccc1CCN1CCC[C@H](CN(C)C(=O)c2[nH]c(C)cc2C)C1. The molecule has 1 aliphatic heterocycles. The van der Waals surface area contributed by atoms with Gasteiger partial charge in [0.2, 0.25) is 0 Å². The molecule has 2 heterocycles. The zero-order valence-corrected chi connectivity index (χ0v) is 17.6. The molecule has 0 saturated carbocycles. The van der Waals surface area contributed by atoms with Crippen LogP contribution < -0.4 is 4.74 Å². The van der Waals surface area contributed by atoms with E-state index in [0.717, 1.165) is 55.3 Å². The monoisotopic (exact) mass is 383 g/mol. The van der Waals surface area contributed by atoms with E-state index in [9.17, 15) is 4.79 Å². The van der Waals surface area contributed by atoms with Gasteiger partial charge in [-0.15, -0.1) is 0 Å². The van der Waals surface area contributed by atoms with Crippen molar-refractivity contribution in [3.05, 3.63) is 52.8 Å². The zero-order valence-electron chi connectivity index (χ0n) is 17.6. The summed E-state index contributed by atoms with van der Waals surface area (Å²) in [5.74, 6) is 1.59. The number of rotatable bonds is 7. The Labute approximate surface area is 168 Å². The summed E-state index contributed by atoms with van der Waals surface area (Å²) in [6.07, 6.45) is 3.37. The van der Waals surface area contributed by atoms with Crippen LogP contribution in [0.15, 0.2) is 30.3 Å². The lowest BCUT2D eigenvalue weighted by atomic mass is 9.97. The lowest BCUT2D eigenvalue weighted by molar-refractivity contribution is 0.0724. The number of nitrogens with one attached hydrogen (secondary N) is 1. The van der Waals surface area contributed by atoms with Crippen molar-refractivity contribution in [3.8, 4) is 5.75 Å². The van der Waals surface area contributed by atoms with E-state index in [4.69, 9.17) is 4.74 Å². The van der Waals surface area contributed by atoms with E-state index >= 15 is 0 Å². The van der Waals surface area contributed by atoms with Crippen LogP contribution in [0, 0.1) is 19.8 Å². The van der Waals surface area contributed by atoms with E-state index in [2.05, 4.69) is 22.0 Å². The van der Waals surface area contributed by atoms with E-state index in [0.29, 0.717) is 5.92 Å². The van der Waals surface area contributed by atoms with Crippen LogP contribution >= 0.6 is 0 Å². The highest BCUT2D eigenvalue weighted by molar-refractivity contribution is 5.93. The van der Waals surface area contributed by atoms with Crippen LogP contribution in [-0.2, 0) is 6.42 Å². The average molecular weight is 384 g/mol. The Bertz CT molecular complexity index is 799. The number of carbonyl (C=O) groups excluding carboxylic acids is 1. The van der Waals surface area contributed by atoms with Crippen LogP contribution in [0.1, 0.15) is 40.2 Å². The molecule has 0 bridgehead atoms. The van der Waals surface area contributed by atoms with Crippen LogP contribution in [0.4, 0.5) is 0 Å². The number of H-pyrrole nitrogens is 1. The van der Waals surface area contributed by atoms with Gasteiger partial charge in [-0.05, 0) is 68.8 Å². The number of nitrogens with zero attached hydrogens (tertiary/aromatic N) is 2. The van der Waals surface area contributed by atoms with Crippen LogP contribution in [-0.4, -0.2) is 61.0 Å². The molecule has 152 valence electrons. The third-order valence-corrected chi connectivity index (χ3v) is 5.74. The molecule has 1 N–H and O–H groups in total. The molecule has 5 heteroatoms. The Kier molecular flexibility index (Phi) is 6.79. The highest BCUT2D eigenvalue weighted by Crippen LogP contribution is 2.22. The van der Waals surface area contributed by atoms with Gasteiger partial charge < -0.3 is 19.5 Å². The number of aryl methyl sites for hydroxylation is 2. The van der Waals surface area contributed by atoms with Crippen molar-refractivity contribution in [2.24, 2.45) is 5.92 Å². The van der Waals surface area contributed by atoms with Crippen molar-refractivity contribution in [2.75, 3.05) is 40.3 Å². The molecule has 3 rings (SSSR count). The predicted molar refractivity (Wildman–Crippen MR) is 113 cm³/mol. The van der Waals surface area contributed by atoms with Crippen LogP contribution in [0.2, 0.25) is 0 Å². The summed E-state index contributed by atoms with van der Waals surface area (Å²) in [6, 6.07) is 10.3. The predicted octanol–water partition coefficient (Wildman–Crippen LogP) is 3.67. The molecule has 1 aliphatic rings. The molecule has 0 spiro atoms. The fraction of sp³-hybridized carbons (Fsp3) is 0.522. The second-order valence-corrected chi connectivity index (χ2v) is 8.07. The maximum atomic E-state index is 12.8. The number of methoxy groups -OCH3 is 1. The van der Waals surface area contributed by atoms with Gasteiger partial charge in [0.25, 0.3) is 5.91 Å². The first-order valence-corrected chi connectivity index (χ1v) is 10.2. The smallest absolute Gasteiger partial charge is 0.270 e. The second kappa shape index (κ2) is 9.28. The number of amides is 1. The van der Waals surface area contributed by atoms with Crippen molar-refractivity contribution < 1.29 is 9.53 Å². The Morgan fingerprint density at radius 1 is 1.32 bits per heavy atom. The summed E-state index contributed by atoms with van der Waals surface area (Å²) < 4.78 is 5.47. The van der Waals surface area contributed by atoms with Gasteiger partial charge in [-0.2, -0.15) is 0 Å². The van der Waals surface area contributed by atoms with E-state index < -0.39 is 0 Å². The number of aromatic amines is 1. The summed E-state index contributed by atoms with van der Waals surface area (Å²) in [5, 5.41) is 0. The molecule has 28 heavy (non-hydrogen) atoms. The summed E-state index contributed by atoms with van der Waals surface area (Å²) >= 11 is 0. The third kappa shape index (κ3) is 4.96. The number of aromatic nitrogens is 1. The van der Waals surface area contributed by atoms with E-state index in [1.165, 1.54) is 18.4 Å². The molecule has 1 aromatic heterocycles. The Morgan fingerprint density at radius 3 is 2.82 bits per heavy atom. The lowest BCUT2D eigenvalue weighted by Gasteiger charge is -2.34. The first-order valence-electron chi connectivity index (χ1n) is 10.2. The highest BCUT2D eigenvalue weighted by Gasteiger charge is 2.24. The number of benzene rings is 1. The van der Waals surface area contributed by atoms with Crippen LogP contribution in [0.25, 0.3) is 0 Å². The Morgan fingerprint density at radius 2 is 2.11 bits per heavy atom. The minimum atomic E-state index is 0.0942. The normalized spacial score (nSPS) is 17.5. The highest BCUT2D eigenvalue weighted by atomic mass is 16.5. The fourth-order valence-corrected chi connectivity index (χ4v) is 4.30. The molecule has 0 unspecified atom stereocenters. The Hall–Kier alpha value is -2.27. The van der Waals surface area contributed by atoms with Gasteiger partial charge in [0.05, 0.1) is 7.11 Å². The standard InChI is InChI=1S/C23H33N3O2/c1-17-14-18(2)24-22(17)23(27)25(3)15-19-8-7-12-26(16-19)13-11-20-9-5-6-10-21(20)28-4/h5-6,9-10,14,19,24H,7-8,11-13,15-16H2,1-4H3/t19-/m1/s1. The van der Waals surface area contributed by atoms with Crippen molar-refractivity contribution in [3.63, 3.8) is 0 Å². The maximum absolute atomic E-state index is 12.8. The molecular formula is C23H33N3O2. The van der Waals surface area contributed by atoms with Gasteiger partial charge in [-0.3, -0.25) is 4.79 Å². The summed E-state index contributed by atoms with van der Waals surface area (Å²) in [4.78, 5) is 20.4. The van der Waals surface area contributed by atoms with Gasteiger partial charge in [0.1, 0.15) is 11.4 Å². The van der Waals surface area contributed by atoms with E-state index in [-0.39, 0.29) is 5.91 Å². The largest absolute Gasteiger partial charge is 0.496 e. The van der Waals surface area contributed by atoms with E-state index in [1.807, 2.05) is 44.0 Å². The summed E-state index contributed by atoms with van der Waals surface area (Å²) in [5.41, 5.74) is 4.05. The van der Waals surface area contributed by atoms with Crippen LogP contribution in [0.5, 0.6) is 5.75 Å². The van der Waals surface area contributed by atoms with Crippen molar-refractivity contribution >= 4 is 5.91 Å². The first-order chi connectivity index (χ1) is 13.5. The molecule has 0 radical (unpaired) electrons. The van der Waals surface area contributed by atoms with Gasteiger partial charge in [-0.1, -0.05) is 18.2 Å². The van der Waals surface area contributed by atoms with Gasteiger partial charge >= 0.3 is 0 Å². The van der Waals surface area contributed by atoms with Gasteiger partial charge in [0.15, 0.2) is 0 Å². The number of likely N-dealkylation sites (tertiary alicyclic amines) is 1. The fourth-order valence-electron chi connectivity index (χ4n) is 4.30. The molecule has 1 saturated heterocycles. The second-order valence-electron chi connectivity index (χ2n) is 8.07. The minimum absolute atomic E-state index is 0.0942. The maximum Gasteiger partial charge on any atom is 0.270 e.